The first-order chi connectivity index (χ1) is 14.8. The Morgan fingerprint density at radius 2 is 1.52 bits per heavy atom. The molecule has 0 aliphatic carbocycles. The summed E-state index contributed by atoms with van der Waals surface area (Å²) < 4.78 is 25.6. The number of carbonyl (C=O) groups excluding carboxylic acids is 1. The quantitative estimate of drug-likeness (QED) is 0.646. The van der Waals surface area contributed by atoms with E-state index in [-0.39, 0.29) is 12.5 Å². The highest BCUT2D eigenvalue weighted by Crippen LogP contribution is 2.18. The van der Waals surface area contributed by atoms with E-state index in [1.807, 2.05) is 31.2 Å². The number of carbonyl (C=O) groups is 1. The zero-order valence-corrected chi connectivity index (χ0v) is 19.3. The van der Waals surface area contributed by atoms with Crippen molar-refractivity contribution in [3.8, 4) is 0 Å². The second-order valence-electron chi connectivity index (χ2n) is 8.22. The number of sulfonamides is 1. The maximum atomic E-state index is 12.5. The van der Waals surface area contributed by atoms with Gasteiger partial charge in [0, 0.05) is 13.1 Å². The van der Waals surface area contributed by atoms with Gasteiger partial charge in [-0.25, -0.2) is 8.42 Å². The van der Waals surface area contributed by atoms with Gasteiger partial charge in [-0.15, -0.1) is 0 Å². The molecular formula is C24H33N3O3S. The van der Waals surface area contributed by atoms with E-state index in [0.717, 1.165) is 47.7 Å². The van der Waals surface area contributed by atoms with E-state index < -0.39 is 10.0 Å². The Hall–Kier alpha value is -2.38. The molecule has 0 radical (unpaired) electrons. The Morgan fingerprint density at radius 3 is 2.10 bits per heavy atom. The molecule has 3 rings (SSSR count). The van der Waals surface area contributed by atoms with Gasteiger partial charge in [0.2, 0.25) is 15.9 Å². The molecule has 0 atom stereocenters. The number of piperidine rings is 1. The summed E-state index contributed by atoms with van der Waals surface area (Å²) in [6.07, 6.45) is 5.87. The fourth-order valence-corrected chi connectivity index (χ4v) is 4.68. The summed E-state index contributed by atoms with van der Waals surface area (Å²) in [7, 11) is -3.57. The first-order valence-electron chi connectivity index (χ1n) is 11.0. The van der Waals surface area contributed by atoms with Crippen LogP contribution in [0.15, 0.2) is 48.5 Å². The van der Waals surface area contributed by atoms with Gasteiger partial charge in [-0.1, -0.05) is 49.7 Å². The Morgan fingerprint density at radius 1 is 0.935 bits per heavy atom. The zero-order chi connectivity index (χ0) is 22.3. The first-order valence-corrected chi connectivity index (χ1v) is 12.8. The van der Waals surface area contributed by atoms with Crippen LogP contribution in [-0.2, 0) is 34.3 Å². The van der Waals surface area contributed by atoms with Crippen LogP contribution < -0.4 is 9.62 Å². The molecular weight excluding hydrogens is 410 g/mol. The largest absolute Gasteiger partial charge is 0.350 e. The number of anilines is 1. The van der Waals surface area contributed by atoms with Gasteiger partial charge in [0.25, 0.3) is 0 Å². The van der Waals surface area contributed by atoms with Crippen LogP contribution in [0.3, 0.4) is 0 Å². The van der Waals surface area contributed by atoms with Gasteiger partial charge in [0.05, 0.1) is 11.9 Å². The molecule has 1 heterocycles. The van der Waals surface area contributed by atoms with Crippen molar-refractivity contribution in [2.75, 3.05) is 30.2 Å². The molecule has 2 aromatic carbocycles. The molecule has 0 aromatic heterocycles. The summed E-state index contributed by atoms with van der Waals surface area (Å²) in [5.74, 6) is -0.331. The number of rotatable bonds is 9. The highest BCUT2D eigenvalue weighted by Gasteiger charge is 2.20. The van der Waals surface area contributed by atoms with Crippen molar-refractivity contribution < 1.29 is 13.2 Å². The maximum absolute atomic E-state index is 12.5. The van der Waals surface area contributed by atoms with Gasteiger partial charge in [-0.05, 0) is 61.2 Å². The van der Waals surface area contributed by atoms with Gasteiger partial charge in [0.15, 0.2) is 0 Å². The number of nitrogens with one attached hydrogen (secondary N) is 1. The molecule has 0 spiro atoms. The fraction of sp³-hybridized carbons (Fsp3) is 0.458. The normalized spacial score (nSPS) is 14.9. The summed E-state index contributed by atoms with van der Waals surface area (Å²) >= 11 is 0. The van der Waals surface area contributed by atoms with Crippen LogP contribution in [0.5, 0.6) is 0 Å². The van der Waals surface area contributed by atoms with Crippen LogP contribution >= 0.6 is 0 Å². The number of nitrogens with zero attached hydrogens (tertiary/aromatic N) is 2. The minimum Gasteiger partial charge on any atom is -0.350 e. The lowest BCUT2D eigenvalue weighted by molar-refractivity contribution is -0.119. The maximum Gasteiger partial charge on any atom is 0.241 e. The molecule has 0 saturated carbocycles. The summed E-state index contributed by atoms with van der Waals surface area (Å²) in [4.78, 5) is 15.0. The third kappa shape index (κ3) is 7.08. The molecule has 1 aliphatic heterocycles. The molecule has 2 aromatic rings. The Bertz CT molecular complexity index is 951. The van der Waals surface area contributed by atoms with Gasteiger partial charge in [-0.2, -0.15) is 0 Å². The first kappa shape index (κ1) is 23.3. The molecule has 1 N–H and O–H groups in total. The molecule has 0 bridgehead atoms. The molecule has 0 unspecified atom stereocenters. The highest BCUT2D eigenvalue weighted by atomic mass is 32.2. The lowest BCUT2D eigenvalue weighted by Gasteiger charge is -2.26. The second kappa shape index (κ2) is 10.8. The van der Waals surface area contributed by atoms with Gasteiger partial charge in [0.1, 0.15) is 6.54 Å². The minimum atomic E-state index is -3.57. The minimum absolute atomic E-state index is 0.239. The monoisotopic (exact) mass is 443 g/mol. The number of hydrogen-bond acceptors (Lipinski definition) is 4. The molecule has 1 amide bonds. The number of benzene rings is 2. The van der Waals surface area contributed by atoms with Gasteiger partial charge >= 0.3 is 0 Å². The summed E-state index contributed by atoms with van der Waals surface area (Å²) in [6.45, 7) is 5.46. The van der Waals surface area contributed by atoms with Crippen LogP contribution in [0, 0.1) is 0 Å². The second-order valence-corrected chi connectivity index (χ2v) is 10.1. The van der Waals surface area contributed by atoms with Crippen molar-refractivity contribution in [3.05, 3.63) is 65.2 Å². The number of amides is 1. The van der Waals surface area contributed by atoms with Crippen LogP contribution in [0.25, 0.3) is 0 Å². The van der Waals surface area contributed by atoms with Crippen molar-refractivity contribution in [2.24, 2.45) is 0 Å². The third-order valence-electron chi connectivity index (χ3n) is 5.69. The van der Waals surface area contributed by atoms with Gasteiger partial charge < -0.3 is 5.32 Å². The predicted molar refractivity (Wildman–Crippen MR) is 125 cm³/mol. The zero-order valence-electron chi connectivity index (χ0n) is 18.5. The van der Waals surface area contributed by atoms with Crippen LogP contribution in [0.4, 0.5) is 5.69 Å². The lowest BCUT2D eigenvalue weighted by atomic mass is 10.1. The van der Waals surface area contributed by atoms with Crippen LogP contribution in [-0.4, -0.2) is 45.1 Å². The molecule has 31 heavy (non-hydrogen) atoms. The van der Waals surface area contributed by atoms with E-state index in [2.05, 4.69) is 22.3 Å². The van der Waals surface area contributed by atoms with Crippen molar-refractivity contribution in [1.82, 2.24) is 10.2 Å². The molecule has 1 saturated heterocycles. The number of hydrogen-bond donors (Lipinski definition) is 1. The molecule has 1 fully saturated rings. The summed E-state index contributed by atoms with van der Waals surface area (Å²) in [5, 5.41) is 2.84. The smallest absolute Gasteiger partial charge is 0.241 e. The molecule has 1 aliphatic rings. The van der Waals surface area contributed by atoms with Crippen LogP contribution in [0.1, 0.15) is 42.9 Å². The summed E-state index contributed by atoms with van der Waals surface area (Å²) in [6, 6.07) is 15.5. The van der Waals surface area contributed by atoms with E-state index in [4.69, 9.17) is 0 Å². The standard InChI is InChI=1S/C24H33N3O3S/c1-3-20-11-13-23(14-12-20)27(31(2,29)30)19-24(28)25-17-21-7-9-22(10-8-21)18-26-15-5-4-6-16-26/h7-14H,3-6,15-19H2,1-2H3,(H,25,28). The SMILES string of the molecule is CCc1ccc(N(CC(=O)NCc2ccc(CN3CCCCC3)cc2)S(C)(=O)=O)cc1. The number of aryl methyl sites for hydroxylation is 1. The molecule has 7 heteroatoms. The van der Waals surface area contributed by atoms with E-state index in [1.165, 1.54) is 24.8 Å². The Kier molecular flexibility index (Phi) is 8.09. The average Bonchev–Trinajstić information content (AvgIpc) is 2.77. The lowest BCUT2D eigenvalue weighted by Crippen LogP contribution is -2.40. The Labute approximate surface area is 186 Å². The topological polar surface area (TPSA) is 69.7 Å². The van der Waals surface area contributed by atoms with Gasteiger partial charge in [-0.3, -0.25) is 14.0 Å². The van der Waals surface area contributed by atoms with Crippen molar-refractivity contribution in [3.63, 3.8) is 0 Å². The summed E-state index contributed by atoms with van der Waals surface area (Å²) in [5.41, 5.74) is 3.88. The van der Waals surface area contributed by atoms with Crippen molar-refractivity contribution in [2.45, 2.75) is 45.7 Å². The van der Waals surface area contributed by atoms with Crippen LogP contribution in [0.2, 0.25) is 0 Å². The highest BCUT2D eigenvalue weighted by molar-refractivity contribution is 7.92. The Balaban J connectivity index is 1.54. The van der Waals surface area contributed by atoms with E-state index in [1.54, 1.807) is 12.1 Å². The predicted octanol–water partition coefficient (Wildman–Crippen LogP) is 3.32. The van der Waals surface area contributed by atoms with Crippen molar-refractivity contribution in [1.29, 1.82) is 0 Å². The van der Waals surface area contributed by atoms with Crippen molar-refractivity contribution >= 4 is 21.6 Å². The van der Waals surface area contributed by atoms with E-state index >= 15 is 0 Å². The molecule has 168 valence electrons. The van der Waals surface area contributed by atoms with E-state index in [9.17, 15) is 13.2 Å². The average molecular weight is 444 g/mol. The third-order valence-corrected chi connectivity index (χ3v) is 6.83. The number of likely N-dealkylation sites (tertiary alicyclic amines) is 1. The van der Waals surface area contributed by atoms with E-state index in [0.29, 0.717) is 12.2 Å². The fourth-order valence-electron chi connectivity index (χ4n) is 3.82. The molecule has 6 nitrogen and oxygen atoms in total.